The fraction of sp³-hybridized carbons (Fsp3) is 0.450. The number of carbonyl (C=O) groups excluding carboxylic acids is 2. The van der Waals surface area contributed by atoms with Crippen LogP contribution < -0.4 is 9.47 Å². The Hall–Kier alpha value is -2.83. The second-order valence-corrected chi connectivity index (χ2v) is 6.21. The minimum absolute atomic E-state index is 0.143. The van der Waals surface area contributed by atoms with Gasteiger partial charge in [-0.15, -0.1) is 5.10 Å². The highest BCUT2D eigenvalue weighted by molar-refractivity contribution is 5.94. The summed E-state index contributed by atoms with van der Waals surface area (Å²) in [5.41, 5.74) is 1.90. The Morgan fingerprint density at radius 3 is 2.41 bits per heavy atom. The summed E-state index contributed by atoms with van der Waals surface area (Å²) in [6.07, 6.45) is 3.45. The van der Waals surface area contributed by atoms with E-state index in [1.165, 1.54) is 6.92 Å². The lowest BCUT2D eigenvalue weighted by molar-refractivity contribution is -0.145. The van der Waals surface area contributed by atoms with Crippen molar-refractivity contribution in [1.82, 2.24) is 10.2 Å². The van der Waals surface area contributed by atoms with Gasteiger partial charge in [0.15, 0.2) is 0 Å². The summed E-state index contributed by atoms with van der Waals surface area (Å²) in [4.78, 5) is 22.0. The number of hydrogen-bond acceptors (Lipinski definition) is 6. The summed E-state index contributed by atoms with van der Waals surface area (Å²) < 4.78 is 15.8. The van der Waals surface area contributed by atoms with Gasteiger partial charge in [-0.2, -0.15) is 0 Å². The van der Waals surface area contributed by atoms with E-state index in [1.54, 1.807) is 7.11 Å². The molecule has 2 rings (SSSR count). The lowest BCUT2D eigenvalue weighted by Crippen LogP contribution is -2.09. The van der Waals surface area contributed by atoms with Crippen molar-refractivity contribution in [3.05, 3.63) is 30.3 Å². The predicted molar refractivity (Wildman–Crippen MR) is 101 cm³/mol. The largest absolute Gasteiger partial charge is 0.497 e. The van der Waals surface area contributed by atoms with E-state index in [2.05, 4.69) is 10.2 Å². The maximum atomic E-state index is 11.2. The van der Waals surface area contributed by atoms with Crippen LogP contribution in [0.3, 0.4) is 0 Å². The summed E-state index contributed by atoms with van der Waals surface area (Å²) in [6, 6.07) is 9.58. The van der Waals surface area contributed by atoms with Crippen LogP contribution in [-0.4, -0.2) is 42.3 Å². The molecule has 1 heterocycles. The third kappa shape index (κ3) is 7.52. The molecule has 0 saturated heterocycles. The summed E-state index contributed by atoms with van der Waals surface area (Å²) >= 11 is 0. The van der Waals surface area contributed by atoms with Gasteiger partial charge in [-0.05, 0) is 62.4 Å². The van der Waals surface area contributed by atoms with E-state index in [0.717, 1.165) is 42.7 Å². The highest BCUT2D eigenvalue weighted by atomic mass is 16.5. The first-order valence-electron chi connectivity index (χ1n) is 9.06. The number of ether oxygens (including phenoxy) is 3. The molecule has 1 aromatic carbocycles. The summed E-state index contributed by atoms with van der Waals surface area (Å²) in [7, 11) is 1.64. The second-order valence-electron chi connectivity index (χ2n) is 6.21. The predicted octanol–water partition coefficient (Wildman–Crippen LogP) is 3.55. The minimum Gasteiger partial charge on any atom is -0.497 e. The van der Waals surface area contributed by atoms with E-state index < -0.39 is 5.97 Å². The average Bonchev–Trinajstić information content (AvgIpc) is 3.12. The summed E-state index contributed by atoms with van der Waals surface area (Å²) in [5, 5.41) is 7.13. The number of nitrogens with one attached hydrogen (secondary N) is 1. The van der Waals surface area contributed by atoms with E-state index in [9.17, 15) is 9.59 Å². The fourth-order valence-corrected chi connectivity index (χ4v) is 2.47. The van der Waals surface area contributed by atoms with Crippen molar-refractivity contribution < 1.29 is 23.8 Å². The van der Waals surface area contributed by atoms with E-state index in [0.29, 0.717) is 19.1 Å². The number of benzene rings is 1. The lowest BCUT2D eigenvalue weighted by Gasteiger charge is -2.04. The zero-order valence-corrected chi connectivity index (χ0v) is 15.8. The Bertz CT molecular complexity index is 724. The molecule has 0 unspecified atom stereocenters. The molecule has 0 aliphatic carbocycles. The number of methoxy groups -OCH3 is 1. The zero-order valence-electron chi connectivity index (χ0n) is 15.8. The number of unbranched alkanes of at least 4 members (excludes halogenated alkanes) is 3. The molecule has 0 aliphatic rings. The maximum Gasteiger partial charge on any atom is 0.313 e. The maximum absolute atomic E-state index is 11.2. The molecule has 1 N–H and O–H groups in total. The number of aromatic nitrogens is 2. The third-order valence-electron chi connectivity index (χ3n) is 3.90. The number of ketones is 1. The van der Waals surface area contributed by atoms with Gasteiger partial charge in [0.1, 0.15) is 18.0 Å². The number of rotatable bonds is 12. The molecule has 7 nitrogen and oxygen atoms in total. The smallest absolute Gasteiger partial charge is 0.313 e. The molecule has 0 fully saturated rings. The molecule has 0 bridgehead atoms. The van der Waals surface area contributed by atoms with E-state index in [1.807, 2.05) is 30.3 Å². The Kier molecular flexibility index (Phi) is 8.35. The Morgan fingerprint density at radius 2 is 1.74 bits per heavy atom. The molecule has 0 atom stereocenters. The van der Waals surface area contributed by atoms with Crippen molar-refractivity contribution >= 4 is 11.8 Å². The zero-order chi connectivity index (χ0) is 19.5. The number of aromatic amines is 1. The van der Waals surface area contributed by atoms with Crippen LogP contribution >= 0.6 is 0 Å². The monoisotopic (exact) mass is 374 g/mol. The molecule has 0 spiro atoms. The second kappa shape index (κ2) is 11.0. The normalized spacial score (nSPS) is 10.4. The number of esters is 1. The molecule has 27 heavy (non-hydrogen) atoms. The number of carbonyl (C=O) groups is 2. The van der Waals surface area contributed by atoms with Gasteiger partial charge in [0, 0.05) is 6.07 Å². The molecular weight excluding hydrogens is 348 g/mol. The van der Waals surface area contributed by atoms with E-state index in [4.69, 9.17) is 14.2 Å². The fourth-order valence-electron chi connectivity index (χ4n) is 2.47. The van der Waals surface area contributed by atoms with Crippen molar-refractivity contribution in [2.24, 2.45) is 0 Å². The van der Waals surface area contributed by atoms with E-state index >= 15 is 0 Å². The van der Waals surface area contributed by atoms with Crippen LogP contribution in [0, 0.1) is 0 Å². The molecule has 146 valence electrons. The van der Waals surface area contributed by atoms with Crippen LogP contribution in [0.1, 0.15) is 39.0 Å². The first kappa shape index (κ1) is 20.5. The average molecular weight is 374 g/mol. The van der Waals surface area contributed by atoms with Gasteiger partial charge in [-0.1, -0.05) is 0 Å². The highest BCUT2D eigenvalue weighted by Gasteiger charge is 2.06. The van der Waals surface area contributed by atoms with Crippen LogP contribution in [0.5, 0.6) is 11.6 Å². The molecular formula is C20H26N2O5. The quantitative estimate of drug-likeness (QED) is 0.347. The van der Waals surface area contributed by atoms with Gasteiger partial charge >= 0.3 is 5.97 Å². The van der Waals surface area contributed by atoms with Crippen molar-refractivity contribution in [3.63, 3.8) is 0 Å². The molecule has 7 heteroatoms. The molecule has 0 amide bonds. The SMILES string of the molecule is COc1ccc(-c2cc(OCCCCCCOC(=O)CC(C)=O)n[nH]2)cc1. The van der Waals surface area contributed by atoms with Crippen LogP contribution in [0.2, 0.25) is 0 Å². The lowest BCUT2D eigenvalue weighted by atomic mass is 10.1. The number of H-pyrrole nitrogens is 1. The molecule has 1 aromatic heterocycles. The van der Waals surface area contributed by atoms with Crippen LogP contribution in [0.25, 0.3) is 11.3 Å². The van der Waals surface area contributed by atoms with Gasteiger partial charge in [0.2, 0.25) is 5.88 Å². The van der Waals surface area contributed by atoms with Crippen molar-refractivity contribution in [2.45, 2.75) is 39.0 Å². The first-order chi connectivity index (χ1) is 13.1. The summed E-state index contributed by atoms with van der Waals surface area (Å²) in [6.45, 7) is 2.31. The van der Waals surface area contributed by atoms with Gasteiger partial charge in [-0.3, -0.25) is 14.7 Å². The Balaban J connectivity index is 1.58. The molecule has 0 radical (unpaired) electrons. The Labute approximate surface area is 159 Å². The van der Waals surface area contributed by atoms with Crippen LogP contribution in [-0.2, 0) is 14.3 Å². The van der Waals surface area contributed by atoms with Crippen molar-refractivity contribution in [2.75, 3.05) is 20.3 Å². The van der Waals surface area contributed by atoms with Crippen molar-refractivity contribution in [1.29, 1.82) is 0 Å². The number of Topliss-reactive ketones (excluding diaryl/α,β-unsaturated/α-hetero) is 1. The minimum atomic E-state index is -0.447. The topological polar surface area (TPSA) is 90.5 Å². The molecule has 2 aromatic rings. The number of nitrogens with zero attached hydrogens (tertiary/aromatic N) is 1. The number of hydrogen-bond donors (Lipinski definition) is 1. The van der Waals surface area contributed by atoms with Crippen molar-refractivity contribution in [3.8, 4) is 22.9 Å². The summed E-state index contributed by atoms with van der Waals surface area (Å²) in [5.74, 6) is 0.755. The molecule has 0 aliphatic heterocycles. The Morgan fingerprint density at radius 1 is 1.04 bits per heavy atom. The van der Waals surface area contributed by atoms with Gasteiger partial charge < -0.3 is 14.2 Å². The standard InChI is InChI=1S/C20H26N2O5/c1-15(23)13-20(24)27-12-6-4-3-5-11-26-19-14-18(21-22-19)16-7-9-17(25-2)10-8-16/h7-10,14H,3-6,11-13H2,1-2H3,(H,21,22). The van der Waals surface area contributed by atoms with E-state index in [-0.39, 0.29) is 12.2 Å². The molecule has 0 saturated carbocycles. The highest BCUT2D eigenvalue weighted by Crippen LogP contribution is 2.23. The van der Waals surface area contributed by atoms with Crippen LogP contribution in [0.15, 0.2) is 30.3 Å². The van der Waals surface area contributed by atoms with Gasteiger partial charge in [0.05, 0.1) is 26.0 Å². The third-order valence-corrected chi connectivity index (χ3v) is 3.90. The van der Waals surface area contributed by atoms with Crippen LogP contribution in [0.4, 0.5) is 0 Å². The first-order valence-corrected chi connectivity index (χ1v) is 9.06. The van der Waals surface area contributed by atoms with Gasteiger partial charge in [0.25, 0.3) is 0 Å². The van der Waals surface area contributed by atoms with Gasteiger partial charge in [-0.25, -0.2) is 0 Å².